The van der Waals surface area contributed by atoms with Gasteiger partial charge in [0.25, 0.3) is 5.91 Å². The highest BCUT2D eigenvalue weighted by atomic mass is 19.1. The first kappa shape index (κ1) is 12.9. The van der Waals surface area contributed by atoms with E-state index < -0.39 is 17.5 Å². The third-order valence-corrected chi connectivity index (χ3v) is 2.35. The molecule has 1 aromatic carbocycles. The molecule has 7 heteroatoms. The van der Waals surface area contributed by atoms with Crippen molar-refractivity contribution < 1.29 is 13.6 Å². The van der Waals surface area contributed by atoms with Crippen LogP contribution < -0.4 is 11.1 Å². The number of anilines is 1. The van der Waals surface area contributed by atoms with E-state index in [0.29, 0.717) is 0 Å². The van der Waals surface area contributed by atoms with Crippen molar-refractivity contribution in [3.63, 3.8) is 0 Å². The van der Waals surface area contributed by atoms with Crippen LogP contribution in [0.15, 0.2) is 30.6 Å². The number of carbonyl (C=O) groups excluding carboxylic acids is 1. The first-order chi connectivity index (χ1) is 9.06. The number of aromatic nitrogens is 2. The summed E-state index contributed by atoms with van der Waals surface area (Å²) in [6, 6.07) is 3.02. The molecule has 0 radical (unpaired) electrons. The lowest BCUT2D eigenvalue weighted by Crippen LogP contribution is -2.24. The number of nitrogens with zero attached hydrogens (tertiary/aromatic N) is 2. The van der Waals surface area contributed by atoms with Crippen molar-refractivity contribution >= 4 is 11.7 Å². The second kappa shape index (κ2) is 5.38. The van der Waals surface area contributed by atoms with E-state index in [9.17, 15) is 13.6 Å². The zero-order chi connectivity index (χ0) is 13.8. The molecule has 0 saturated heterocycles. The van der Waals surface area contributed by atoms with Crippen molar-refractivity contribution in [2.75, 3.05) is 5.73 Å². The van der Waals surface area contributed by atoms with Crippen LogP contribution in [0.4, 0.5) is 14.6 Å². The lowest BCUT2D eigenvalue weighted by Gasteiger charge is -2.06. The number of amides is 1. The van der Waals surface area contributed by atoms with Crippen molar-refractivity contribution in [3.05, 3.63) is 53.5 Å². The highest BCUT2D eigenvalue weighted by molar-refractivity contribution is 5.91. The molecular weight excluding hydrogens is 254 g/mol. The molecule has 0 saturated carbocycles. The number of carbonyl (C=O) groups is 1. The Morgan fingerprint density at radius 1 is 1.26 bits per heavy atom. The summed E-state index contributed by atoms with van der Waals surface area (Å²) in [6.45, 7) is -0.144. The molecule has 5 nitrogen and oxygen atoms in total. The van der Waals surface area contributed by atoms with Gasteiger partial charge in [0, 0.05) is 12.1 Å². The summed E-state index contributed by atoms with van der Waals surface area (Å²) in [5, 5.41) is 2.41. The van der Waals surface area contributed by atoms with Crippen molar-refractivity contribution in [1.29, 1.82) is 0 Å². The van der Waals surface area contributed by atoms with Gasteiger partial charge in [-0.3, -0.25) is 4.79 Å². The van der Waals surface area contributed by atoms with Gasteiger partial charge in [-0.25, -0.2) is 18.7 Å². The molecule has 0 aliphatic heterocycles. The lowest BCUT2D eigenvalue weighted by atomic mass is 10.2. The third kappa shape index (κ3) is 3.21. The van der Waals surface area contributed by atoms with Crippen LogP contribution in [-0.4, -0.2) is 15.9 Å². The Bertz CT molecular complexity index is 601. The predicted molar refractivity (Wildman–Crippen MR) is 64.0 cm³/mol. The molecule has 0 aliphatic carbocycles. The first-order valence-corrected chi connectivity index (χ1v) is 5.36. The summed E-state index contributed by atoms with van der Waals surface area (Å²) < 4.78 is 26.2. The number of hydrogen-bond donors (Lipinski definition) is 2. The largest absolute Gasteiger partial charge is 0.382 e. The molecule has 1 aromatic heterocycles. The smallest absolute Gasteiger partial charge is 0.271 e. The monoisotopic (exact) mass is 264 g/mol. The minimum Gasteiger partial charge on any atom is -0.382 e. The summed E-state index contributed by atoms with van der Waals surface area (Å²) in [4.78, 5) is 19.1. The van der Waals surface area contributed by atoms with Crippen molar-refractivity contribution in [2.45, 2.75) is 6.54 Å². The van der Waals surface area contributed by atoms with E-state index in [2.05, 4.69) is 15.3 Å². The molecule has 0 aliphatic rings. The van der Waals surface area contributed by atoms with E-state index in [-0.39, 0.29) is 23.6 Å². The van der Waals surface area contributed by atoms with Gasteiger partial charge < -0.3 is 11.1 Å². The molecular formula is C12H10F2N4O. The van der Waals surface area contributed by atoms with Gasteiger partial charge in [0.05, 0.1) is 12.4 Å². The predicted octanol–water partition coefficient (Wildman–Crippen LogP) is 1.27. The van der Waals surface area contributed by atoms with Gasteiger partial charge in [-0.2, -0.15) is 0 Å². The van der Waals surface area contributed by atoms with Gasteiger partial charge in [0.2, 0.25) is 0 Å². The summed E-state index contributed by atoms with van der Waals surface area (Å²) >= 11 is 0. The van der Waals surface area contributed by atoms with E-state index in [4.69, 9.17) is 5.73 Å². The topological polar surface area (TPSA) is 80.9 Å². The summed E-state index contributed by atoms with van der Waals surface area (Å²) in [7, 11) is 0. The Kier molecular flexibility index (Phi) is 3.65. The average Bonchev–Trinajstić information content (AvgIpc) is 2.40. The van der Waals surface area contributed by atoms with Crippen LogP contribution in [0.2, 0.25) is 0 Å². The maximum Gasteiger partial charge on any atom is 0.271 e. The zero-order valence-corrected chi connectivity index (χ0v) is 9.73. The van der Waals surface area contributed by atoms with Gasteiger partial charge in [-0.1, -0.05) is 0 Å². The number of benzene rings is 1. The molecule has 98 valence electrons. The molecule has 3 N–H and O–H groups in total. The normalized spacial score (nSPS) is 10.2. The van der Waals surface area contributed by atoms with Crippen molar-refractivity contribution in [2.24, 2.45) is 0 Å². The Morgan fingerprint density at radius 2 is 2.05 bits per heavy atom. The Hall–Kier alpha value is -2.57. The fraction of sp³-hybridized carbons (Fsp3) is 0.0833. The highest BCUT2D eigenvalue weighted by Crippen LogP contribution is 2.09. The summed E-state index contributed by atoms with van der Waals surface area (Å²) in [5.74, 6) is -1.52. The number of nitrogens with two attached hydrogens (primary N) is 1. The van der Waals surface area contributed by atoms with Crippen LogP contribution >= 0.6 is 0 Å². The molecule has 2 aromatic rings. The fourth-order valence-electron chi connectivity index (χ4n) is 1.40. The van der Waals surface area contributed by atoms with Crippen molar-refractivity contribution in [3.8, 4) is 0 Å². The SMILES string of the molecule is Nc1cnc(C(=O)NCc2cc(F)ccc2F)cn1. The van der Waals surface area contributed by atoms with Gasteiger partial charge in [0.15, 0.2) is 0 Å². The Labute approximate surface area is 107 Å². The Morgan fingerprint density at radius 3 is 2.74 bits per heavy atom. The minimum atomic E-state index is -0.593. The van der Waals surface area contributed by atoms with E-state index >= 15 is 0 Å². The molecule has 0 unspecified atom stereocenters. The van der Waals surface area contributed by atoms with Gasteiger partial charge in [0.1, 0.15) is 23.1 Å². The molecule has 19 heavy (non-hydrogen) atoms. The Balaban J connectivity index is 2.04. The fourth-order valence-corrected chi connectivity index (χ4v) is 1.40. The average molecular weight is 264 g/mol. The standard InChI is InChI=1S/C12H10F2N4O/c13-8-1-2-9(14)7(3-8)4-18-12(19)10-5-17-11(15)6-16-10/h1-3,5-6H,4H2,(H2,15,17)(H,18,19). The maximum atomic E-state index is 13.3. The van der Waals surface area contributed by atoms with Crippen LogP contribution in [0.5, 0.6) is 0 Å². The van der Waals surface area contributed by atoms with Crippen molar-refractivity contribution in [1.82, 2.24) is 15.3 Å². The second-order valence-corrected chi connectivity index (χ2v) is 3.74. The van der Waals surface area contributed by atoms with Crippen LogP contribution in [0.25, 0.3) is 0 Å². The maximum absolute atomic E-state index is 13.3. The second-order valence-electron chi connectivity index (χ2n) is 3.74. The summed E-state index contributed by atoms with van der Waals surface area (Å²) in [5.41, 5.74) is 5.43. The number of hydrogen-bond acceptors (Lipinski definition) is 4. The van der Waals surface area contributed by atoms with E-state index in [1.807, 2.05) is 0 Å². The number of nitrogen functional groups attached to an aromatic ring is 1. The summed E-state index contributed by atoms with van der Waals surface area (Å²) in [6.07, 6.45) is 2.43. The molecule has 2 rings (SSSR count). The number of halogens is 2. The quantitative estimate of drug-likeness (QED) is 0.874. The number of nitrogens with one attached hydrogen (secondary N) is 1. The van der Waals surface area contributed by atoms with Crippen LogP contribution in [0.3, 0.4) is 0 Å². The zero-order valence-electron chi connectivity index (χ0n) is 9.73. The lowest BCUT2D eigenvalue weighted by molar-refractivity contribution is 0.0945. The molecule has 0 atom stereocenters. The molecule has 1 amide bonds. The van der Waals surface area contributed by atoms with E-state index in [1.54, 1.807) is 0 Å². The van der Waals surface area contributed by atoms with Crippen LogP contribution in [0, 0.1) is 11.6 Å². The van der Waals surface area contributed by atoms with Crippen LogP contribution in [-0.2, 0) is 6.54 Å². The number of rotatable bonds is 3. The molecule has 0 spiro atoms. The first-order valence-electron chi connectivity index (χ1n) is 5.36. The van der Waals surface area contributed by atoms with Crippen LogP contribution in [0.1, 0.15) is 16.1 Å². The van der Waals surface area contributed by atoms with Gasteiger partial charge in [-0.15, -0.1) is 0 Å². The minimum absolute atomic E-state index is 0.0472. The van der Waals surface area contributed by atoms with E-state index in [1.165, 1.54) is 12.4 Å². The van der Waals surface area contributed by atoms with Gasteiger partial charge in [-0.05, 0) is 18.2 Å². The highest BCUT2D eigenvalue weighted by Gasteiger charge is 2.09. The van der Waals surface area contributed by atoms with Gasteiger partial charge >= 0.3 is 0 Å². The van der Waals surface area contributed by atoms with E-state index in [0.717, 1.165) is 18.2 Å². The third-order valence-electron chi connectivity index (χ3n) is 2.35. The molecule has 1 heterocycles. The molecule has 0 bridgehead atoms. The molecule has 0 fully saturated rings.